The number of hydrogen-bond acceptors (Lipinski definition) is 5. The van der Waals surface area contributed by atoms with Crippen LogP contribution in [-0.2, 0) is 9.53 Å². The van der Waals surface area contributed by atoms with E-state index in [0.717, 1.165) is 56.4 Å². The number of carbonyl (C=O) groups excluding carboxylic acids is 2. The maximum absolute atomic E-state index is 13.2. The summed E-state index contributed by atoms with van der Waals surface area (Å²) in [4.78, 5) is 31.8. The predicted octanol–water partition coefficient (Wildman–Crippen LogP) is 4.61. The topological polar surface area (TPSA) is 97.0 Å². The van der Waals surface area contributed by atoms with Crippen LogP contribution in [-0.4, -0.2) is 44.5 Å². The number of unbranched alkanes of at least 4 members (excludes halogenated alkanes) is 2. The first-order valence-electron chi connectivity index (χ1n) is 12.6. The quantitative estimate of drug-likeness (QED) is 0.374. The summed E-state index contributed by atoms with van der Waals surface area (Å²) in [5.41, 5.74) is 8.17. The Bertz CT molecular complexity index is 802. The summed E-state index contributed by atoms with van der Waals surface area (Å²) in [6.45, 7) is 4.08. The number of carbonyl (C=O) groups is 2. The van der Waals surface area contributed by atoms with Gasteiger partial charge in [0.05, 0.1) is 12.6 Å². The molecule has 182 valence electrons. The lowest BCUT2D eigenvalue weighted by molar-refractivity contribution is -0.148. The van der Waals surface area contributed by atoms with Crippen LogP contribution < -0.4 is 16.0 Å². The van der Waals surface area contributed by atoms with Crippen molar-refractivity contribution in [3.63, 3.8) is 0 Å². The van der Waals surface area contributed by atoms with Gasteiger partial charge in [-0.15, -0.1) is 0 Å². The van der Waals surface area contributed by atoms with Gasteiger partial charge in [-0.3, -0.25) is 4.79 Å². The zero-order valence-corrected chi connectivity index (χ0v) is 20.2. The van der Waals surface area contributed by atoms with Gasteiger partial charge < -0.3 is 20.7 Å². The number of hydrogen-bond donors (Lipinski definition) is 2. The molecule has 3 N–H and O–H groups in total. The first kappa shape index (κ1) is 25.2. The van der Waals surface area contributed by atoms with Crippen molar-refractivity contribution in [3.8, 4) is 0 Å². The fourth-order valence-corrected chi connectivity index (χ4v) is 4.87. The third kappa shape index (κ3) is 7.03. The van der Waals surface area contributed by atoms with Gasteiger partial charge in [0.1, 0.15) is 5.92 Å². The summed E-state index contributed by atoms with van der Waals surface area (Å²) in [5.74, 6) is -0.426. The van der Waals surface area contributed by atoms with Crippen molar-refractivity contribution < 1.29 is 14.3 Å². The molecule has 1 saturated carbocycles. The number of benzene rings is 1. The fraction of sp³-hybridized carbons (Fsp3) is 0.654. The summed E-state index contributed by atoms with van der Waals surface area (Å²) in [6.07, 6.45) is 9.73. The van der Waals surface area contributed by atoms with E-state index >= 15 is 0 Å². The number of rotatable bonds is 11. The van der Waals surface area contributed by atoms with Crippen LogP contribution in [0.25, 0.3) is 0 Å². The summed E-state index contributed by atoms with van der Waals surface area (Å²) < 4.78 is 5.78. The van der Waals surface area contributed by atoms with Gasteiger partial charge in [-0.25, -0.2) is 9.79 Å². The Morgan fingerprint density at radius 3 is 2.55 bits per heavy atom. The predicted molar refractivity (Wildman–Crippen MR) is 133 cm³/mol. The van der Waals surface area contributed by atoms with Crippen molar-refractivity contribution >= 4 is 23.4 Å². The lowest BCUT2D eigenvalue weighted by Gasteiger charge is -2.31. The Kier molecular flexibility index (Phi) is 9.73. The number of nitrogens with two attached hydrogens (primary N) is 1. The normalized spacial score (nSPS) is 21.3. The molecule has 2 unspecified atom stereocenters. The highest BCUT2D eigenvalue weighted by Crippen LogP contribution is 2.31. The third-order valence-corrected chi connectivity index (χ3v) is 6.91. The number of urea groups is 1. The van der Waals surface area contributed by atoms with Crippen molar-refractivity contribution in [2.75, 3.05) is 31.6 Å². The monoisotopic (exact) mass is 456 g/mol. The molecule has 0 aromatic heterocycles. The number of amides is 2. The van der Waals surface area contributed by atoms with Crippen LogP contribution in [0.5, 0.6) is 0 Å². The highest BCUT2D eigenvalue weighted by molar-refractivity contribution is 6.09. The Morgan fingerprint density at radius 2 is 1.88 bits per heavy atom. The Hall–Kier alpha value is -2.41. The number of nitrogens with one attached hydrogen (secondary N) is 1. The lowest BCUT2D eigenvalue weighted by Crippen LogP contribution is -2.45. The Labute approximate surface area is 198 Å². The summed E-state index contributed by atoms with van der Waals surface area (Å²) in [7, 11) is 2.08. The largest absolute Gasteiger partial charge is 0.465 e. The summed E-state index contributed by atoms with van der Waals surface area (Å²) >= 11 is 0. The standard InChI is InChI=1S/C26H40N4O3/c1-3-22-23(25(31)33-18-19-10-6-4-7-11-19)24(29-26(32)28-22)20-12-14-21(15-13-20)30(2)17-9-5-8-16-27/h12-15,19,23-24H,3-11,16-18,27H2,1-2H3,(H,29,32). The first-order valence-corrected chi connectivity index (χ1v) is 12.6. The molecule has 1 aromatic carbocycles. The highest BCUT2D eigenvalue weighted by Gasteiger charge is 2.39. The van der Waals surface area contributed by atoms with Crippen molar-refractivity contribution in [1.29, 1.82) is 0 Å². The molecule has 2 amide bonds. The minimum absolute atomic E-state index is 0.285. The van der Waals surface area contributed by atoms with Gasteiger partial charge in [0.25, 0.3) is 0 Å². The second kappa shape index (κ2) is 12.7. The summed E-state index contributed by atoms with van der Waals surface area (Å²) in [6, 6.07) is 7.23. The van der Waals surface area contributed by atoms with Crippen LogP contribution in [0, 0.1) is 11.8 Å². The molecule has 33 heavy (non-hydrogen) atoms. The molecule has 0 bridgehead atoms. The van der Waals surface area contributed by atoms with E-state index in [0.29, 0.717) is 24.7 Å². The average molecular weight is 457 g/mol. The van der Waals surface area contributed by atoms with E-state index in [9.17, 15) is 9.59 Å². The van der Waals surface area contributed by atoms with Crippen molar-refractivity contribution in [2.24, 2.45) is 22.6 Å². The van der Waals surface area contributed by atoms with Crippen LogP contribution in [0.3, 0.4) is 0 Å². The number of esters is 1. The number of nitrogens with zero attached hydrogens (tertiary/aromatic N) is 2. The van der Waals surface area contributed by atoms with E-state index in [-0.39, 0.29) is 5.97 Å². The second-order valence-corrected chi connectivity index (χ2v) is 9.36. The van der Waals surface area contributed by atoms with E-state index in [4.69, 9.17) is 10.5 Å². The van der Waals surface area contributed by atoms with Gasteiger partial charge in [0.15, 0.2) is 0 Å². The molecule has 1 heterocycles. The molecule has 7 nitrogen and oxygen atoms in total. The van der Waals surface area contributed by atoms with Crippen molar-refractivity contribution in [1.82, 2.24) is 5.32 Å². The minimum Gasteiger partial charge on any atom is -0.465 e. The molecule has 2 atom stereocenters. The molecular weight excluding hydrogens is 416 g/mol. The molecule has 0 saturated heterocycles. The van der Waals surface area contributed by atoms with Gasteiger partial charge in [-0.1, -0.05) is 44.7 Å². The average Bonchev–Trinajstić information content (AvgIpc) is 2.85. The van der Waals surface area contributed by atoms with Gasteiger partial charge in [-0.05, 0) is 62.3 Å². The molecule has 0 radical (unpaired) electrons. The van der Waals surface area contributed by atoms with Crippen LogP contribution in [0.2, 0.25) is 0 Å². The van der Waals surface area contributed by atoms with Crippen LogP contribution in [0.15, 0.2) is 29.3 Å². The van der Waals surface area contributed by atoms with E-state index in [1.165, 1.54) is 19.3 Å². The molecule has 1 aromatic rings. The minimum atomic E-state index is -0.587. The fourth-order valence-electron chi connectivity index (χ4n) is 4.87. The molecule has 1 aliphatic heterocycles. The zero-order valence-electron chi connectivity index (χ0n) is 20.2. The maximum Gasteiger partial charge on any atom is 0.341 e. The smallest absolute Gasteiger partial charge is 0.341 e. The molecule has 2 aliphatic rings. The van der Waals surface area contributed by atoms with Crippen LogP contribution in [0.1, 0.15) is 76.3 Å². The molecule has 1 aliphatic carbocycles. The van der Waals surface area contributed by atoms with Gasteiger partial charge in [-0.2, -0.15) is 0 Å². The maximum atomic E-state index is 13.2. The highest BCUT2D eigenvalue weighted by atomic mass is 16.5. The molecule has 7 heteroatoms. The number of aliphatic imine (C=N–C) groups is 1. The van der Waals surface area contributed by atoms with Crippen LogP contribution >= 0.6 is 0 Å². The van der Waals surface area contributed by atoms with E-state index in [2.05, 4.69) is 22.3 Å². The van der Waals surface area contributed by atoms with E-state index in [1.807, 2.05) is 31.2 Å². The van der Waals surface area contributed by atoms with E-state index < -0.39 is 18.0 Å². The van der Waals surface area contributed by atoms with Crippen LogP contribution in [0.4, 0.5) is 10.5 Å². The Balaban J connectivity index is 1.69. The molecule has 3 rings (SSSR count). The number of anilines is 1. The number of ether oxygens (including phenoxy) is 1. The lowest BCUT2D eigenvalue weighted by atomic mass is 9.86. The Morgan fingerprint density at radius 1 is 1.15 bits per heavy atom. The van der Waals surface area contributed by atoms with Crippen molar-refractivity contribution in [2.45, 2.75) is 70.8 Å². The molecular formula is C26H40N4O3. The SMILES string of the molecule is CCC1=NC(=O)NC(c2ccc(N(C)CCCCCN)cc2)C1C(=O)OCC1CCCCC1. The van der Waals surface area contributed by atoms with Gasteiger partial charge >= 0.3 is 12.0 Å². The third-order valence-electron chi connectivity index (χ3n) is 6.91. The van der Waals surface area contributed by atoms with E-state index in [1.54, 1.807) is 0 Å². The summed E-state index contributed by atoms with van der Waals surface area (Å²) in [5, 5.41) is 2.91. The second-order valence-electron chi connectivity index (χ2n) is 9.36. The molecule has 0 spiro atoms. The van der Waals surface area contributed by atoms with Crippen molar-refractivity contribution in [3.05, 3.63) is 29.8 Å². The molecule has 1 fully saturated rings. The first-order chi connectivity index (χ1) is 16.0. The van der Waals surface area contributed by atoms with Gasteiger partial charge in [0.2, 0.25) is 0 Å². The zero-order chi connectivity index (χ0) is 23.6. The van der Waals surface area contributed by atoms with Gasteiger partial charge in [0, 0.05) is 25.0 Å².